The van der Waals surface area contributed by atoms with Gasteiger partial charge >= 0.3 is 0 Å². The topological polar surface area (TPSA) is 95.6 Å². The molecule has 1 fully saturated rings. The van der Waals surface area contributed by atoms with Gasteiger partial charge in [0.25, 0.3) is 0 Å². The number of rotatable bonds is 2. The fourth-order valence-corrected chi connectivity index (χ4v) is 3.13. The van der Waals surface area contributed by atoms with E-state index in [4.69, 9.17) is 11.5 Å². The maximum absolute atomic E-state index is 6.06. The number of anilines is 2. The molecule has 6 nitrogen and oxygen atoms in total. The molecule has 20 heavy (non-hydrogen) atoms. The Morgan fingerprint density at radius 1 is 1.30 bits per heavy atom. The highest BCUT2D eigenvalue weighted by Gasteiger charge is 2.38. The van der Waals surface area contributed by atoms with Crippen molar-refractivity contribution in [2.75, 3.05) is 11.5 Å². The minimum absolute atomic E-state index is 0.201. The summed E-state index contributed by atoms with van der Waals surface area (Å²) in [5, 5.41) is 12.2. The van der Waals surface area contributed by atoms with Crippen LogP contribution in [-0.2, 0) is 0 Å². The van der Waals surface area contributed by atoms with E-state index in [0.29, 0.717) is 17.4 Å². The van der Waals surface area contributed by atoms with Gasteiger partial charge in [0.05, 0.1) is 6.04 Å². The lowest BCUT2D eigenvalue weighted by atomic mass is 9.87. The van der Waals surface area contributed by atoms with E-state index in [2.05, 4.69) is 29.4 Å². The molecule has 0 saturated heterocycles. The number of nitrogen functional groups attached to an aromatic ring is 2. The Morgan fingerprint density at radius 3 is 2.75 bits per heavy atom. The fraction of sp³-hybridized carbons (Fsp3) is 0.500. The molecular formula is C14H20N6. The first-order valence-electron chi connectivity index (χ1n) is 6.92. The van der Waals surface area contributed by atoms with E-state index in [1.807, 2.05) is 16.8 Å². The van der Waals surface area contributed by atoms with E-state index in [-0.39, 0.29) is 5.41 Å². The quantitative estimate of drug-likeness (QED) is 0.817. The minimum atomic E-state index is 0.201. The zero-order valence-corrected chi connectivity index (χ0v) is 11.9. The molecule has 1 atom stereocenters. The van der Waals surface area contributed by atoms with E-state index >= 15 is 0 Å². The summed E-state index contributed by atoms with van der Waals surface area (Å²) in [5.41, 5.74) is 14.1. The molecule has 3 rings (SSSR count). The van der Waals surface area contributed by atoms with Crippen LogP contribution in [-0.4, -0.2) is 20.2 Å². The summed E-state index contributed by atoms with van der Waals surface area (Å²) in [6.45, 7) is 4.53. The van der Waals surface area contributed by atoms with Gasteiger partial charge in [-0.05, 0) is 46.9 Å². The average molecular weight is 272 g/mol. The number of nitrogens with zero attached hydrogens (tertiary/aromatic N) is 4. The van der Waals surface area contributed by atoms with Crippen molar-refractivity contribution in [3.05, 3.63) is 18.2 Å². The molecule has 0 bridgehead atoms. The molecule has 2 aromatic rings. The van der Waals surface area contributed by atoms with Crippen LogP contribution >= 0.6 is 0 Å². The van der Waals surface area contributed by atoms with Crippen LogP contribution in [0.1, 0.15) is 39.2 Å². The highest BCUT2D eigenvalue weighted by Crippen LogP contribution is 2.46. The lowest BCUT2D eigenvalue weighted by Crippen LogP contribution is -2.23. The first-order valence-corrected chi connectivity index (χ1v) is 6.92. The van der Waals surface area contributed by atoms with Crippen molar-refractivity contribution >= 4 is 11.4 Å². The predicted octanol–water partition coefficient (Wildman–Crippen LogP) is 2.26. The molecule has 1 aliphatic rings. The third-order valence-corrected chi connectivity index (χ3v) is 4.31. The maximum atomic E-state index is 6.06. The van der Waals surface area contributed by atoms with Gasteiger partial charge in [0.2, 0.25) is 0 Å². The number of hydrogen-bond acceptors (Lipinski definition) is 5. The van der Waals surface area contributed by atoms with Crippen LogP contribution < -0.4 is 11.5 Å². The summed E-state index contributed by atoms with van der Waals surface area (Å²) >= 11 is 0. The molecule has 4 N–H and O–H groups in total. The van der Waals surface area contributed by atoms with E-state index < -0.39 is 0 Å². The summed E-state index contributed by atoms with van der Waals surface area (Å²) in [5.74, 6) is 0.725. The summed E-state index contributed by atoms with van der Waals surface area (Å²) < 4.78 is 1.93. The van der Waals surface area contributed by atoms with Gasteiger partial charge in [-0.25, -0.2) is 4.68 Å². The van der Waals surface area contributed by atoms with E-state index in [1.165, 1.54) is 12.8 Å². The summed E-state index contributed by atoms with van der Waals surface area (Å²) in [4.78, 5) is 0. The molecule has 0 amide bonds. The standard InChI is InChI=1S/C14H20N6/c1-14(2)7-3-4-12(14)20-13(17-18-19-20)10-6-5-9(15)8-11(10)16/h5-6,8,12H,3-4,7,15-16H2,1-2H3. The molecule has 1 unspecified atom stereocenters. The number of aromatic nitrogens is 4. The van der Waals surface area contributed by atoms with Crippen LogP contribution in [0.2, 0.25) is 0 Å². The van der Waals surface area contributed by atoms with Crippen molar-refractivity contribution < 1.29 is 0 Å². The van der Waals surface area contributed by atoms with Crippen molar-refractivity contribution in [3.8, 4) is 11.4 Å². The first kappa shape index (κ1) is 12.9. The lowest BCUT2D eigenvalue weighted by molar-refractivity contribution is 0.242. The van der Waals surface area contributed by atoms with Gasteiger partial charge in [-0.2, -0.15) is 0 Å². The van der Waals surface area contributed by atoms with Gasteiger partial charge in [0, 0.05) is 16.9 Å². The molecule has 6 heteroatoms. The van der Waals surface area contributed by atoms with Gasteiger partial charge in [0.1, 0.15) is 0 Å². The van der Waals surface area contributed by atoms with Crippen LogP contribution in [0.15, 0.2) is 18.2 Å². The van der Waals surface area contributed by atoms with Gasteiger partial charge in [-0.15, -0.1) is 5.10 Å². The summed E-state index contributed by atoms with van der Waals surface area (Å²) in [7, 11) is 0. The molecule has 106 valence electrons. The van der Waals surface area contributed by atoms with E-state index in [0.717, 1.165) is 17.8 Å². The molecule has 1 aromatic heterocycles. The van der Waals surface area contributed by atoms with Gasteiger partial charge in [-0.1, -0.05) is 20.3 Å². The smallest absolute Gasteiger partial charge is 0.184 e. The fourth-order valence-electron chi connectivity index (χ4n) is 3.13. The zero-order valence-electron chi connectivity index (χ0n) is 11.9. The molecule has 0 radical (unpaired) electrons. The van der Waals surface area contributed by atoms with Crippen molar-refractivity contribution in [1.29, 1.82) is 0 Å². The highest BCUT2D eigenvalue weighted by atomic mass is 15.6. The van der Waals surface area contributed by atoms with Crippen LogP contribution in [0.3, 0.4) is 0 Å². The lowest BCUT2D eigenvalue weighted by Gasteiger charge is -2.27. The van der Waals surface area contributed by atoms with E-state index in [1.54, 1.807) is 6.07 Å². The van der Waals surface area contributed by atoms with Crippen LogP contribution in [0.5, 0.6) is 0 Å². The average Bonchev–Trinajstić information content (AvgIpc) is 2.95. The summed E-state index contributed by atoms with van der Waals surface area (Å²) in [6, 6.07) is 5.76. The molecule has 1 heterocycles. The summed E-state index contributed by atoms with van der Waals surface area (Å²) in [6.07, 6.45) is 3.49. The Hall–Kier alpha value is -2.11. The Balaban J connectivity index is 2.06. The Morgan fingerprint density at radius 2 is 2.10 bits per heavy atom. The van der Waals surface area contributed by atoms with Crippen LogP contribution in [0, 0.1) is 5.41 Å². The normalized spacial score (nSPS) is 21.2. The molecule has 1 aliphatic carbocycles. The molecule has 0 aliphatic heterocycles. The van der Waals surface area contributed by atoms with Crippen molar-refractivity contribution in [1.82, 2.24) is 20.2 Å². The second kappa shape index (κ2) is 4.47. The first-order chi connectivity index (χ1) is 9.49. The predicted molar refractivity (Wildman–Crippen MR) is 78.7 cm³/mol. The van der Waals surface area contributed by atoms with Gasteiger partial charge in [-0.3, -0.25) is 0 Å². The Kier molecular flexibility index (Phi) is 2.88. The van der Waals surface area contributed by atoms with Crippen LogP contribution in [0.4, 0.5) is 11.4 Å². The number of benzene rings is 1. The molecule has 1 saturated carbocycles. The molecular weight excluding hydrogens is 252 g/mol. The number of hydrogen-bond donors (Lipinski definition) is 2. The Bertz CT molecular complexity index is 630. The number of tetrazole rings is 1. The maximum Gasteiger partial charge on any atom is 0.184 e. The third kappa shape index (κ3) is 2.01. The van der Waals surface area contributed by atoms with Gasteiger partial charge < -0.3 is 11.5 Å². The Labute approximate surface area is 118 Å². The molecule has 0 spiro atoms. The SMILES string of the molecule is CC1(C)CCCC1n1nnnc1-c1ccc(N)cc1N. The van der Waals surface area contributed by atoms with E-state index in [9.17, 15) is 0 Å². The minimum Gasteiger partial charge on any atom is -0.399 e. The van der Waals surface area contributed by atoms with Crippen LogP contribution in [0.25, 0.3) is 11.4 Å². The highest BCUT2D eigenvalue weighted by molar-refractivity contribution is 5.74. The second-order valence-electron chi connectivity index (χ2n) is 6.19. The number of nitrogens with two attached hydrogens (primary N) is 2. The second-order valence-corrected chi connectivity index (χ2v) is 6.19. The van der Waals surface area contributed by atoms with Crippen molar-refractivity contribution in [2.24, 2.45) is 5.41 Å². The third-order valence-electron chi connectivity index (χ3n) is 4.31. The van der Waals surface area contributed by atoms with Crippen molar-refractivity contribution in [3.63, 3.8) is 0 Å². The molecule has 1 aromatic carbocycles. The monoisotopic (exact) mass is 272 g/mol. The van der Waals surface area contributed by atoms with Crippen molar-refractivity contribution in [2.45, 2.75) is 39.2 Å². The largest absolute Gasteiger partial charge is 0.399 e. The van der Waals surface area contributed by atoms with Gasteiger partial charge in [0.15, 0.2) is 5.82 Å². The zero-order chi connectivity index (χ0) is 14.3.